The largest absolute Gasteiger partial charge is 0.349 e. The molecular weight excluding hydrogens is 403 g/mol. The number of hydrogen-bond acceptors (Lipinski definition) is 2. The Morgan fingerprint density at radius 2 is 1.79 bits per heavy atom. The van der Waals surface area contributed by atoms with Crippen LogP contribution in [0.1, 0.15) is 54.5 Å². The van der Waals surface area contributed by atoms with E-state index in [1.165, 1.54) is 16.7 Å². The van der Waals surface area contributed by atoms with E-state index in [1.807, 2.05) is 18.2 Å². The number of aryl methyl sites for hydroxylation is 2. The molecular formula is C24H30Cl2N2O. The number of likely N-dealkylation sites (tertiary alicyclic amines) is 1. The first-order valence-electron chi connectivity index (χ1n) is 10.4. The van der Waals surface area contributed by atoms with Gasteiger partial charge in [-0.3, -0.25) is 9.69 Å². The molecule has 3 rings (SSSR count). The molecule has 0 saturated carbocycles. The molecule has 1 aliphatic rings. The molecule has 1 saturated heterocycles. The van der Waals surface area contributed by atoms with Gasteiger partial charge in [-0.25, -0.2) is 0 Å². The maximum atomic E-state index is 12.9. The van der Waals surface area contributed by atoms with Crippen LogP contribution in [0.5, 0.6) is 0 Å². The number of benzene rings is 2. The number of piperidine rings is 1. The van der Waals surface area contributed by atoms with E-state index in [4.69, 9.17) is 23.2 Å². The monoisotopic (exact) mass is 432 g/mol. The van der Waals surface area contributed by atoms with Crippen LogP contribution in [0.4, 0.5) is 0 Å². The van der Waals surface area contributed by atoms with E-state index in [-0.39, 0.29) is 17.9 Å². The van der Waals surface area contributed by atoms with Gasteiger partial charge in [-0.05, 0) is 69.5 Å². The average Bonchev–Trinajstić information content (AvgIpc) is 2.70. The minimum Gasteiger partial charge on any atom is -0.349 e. The van der Waals surface area contributed by atoms with E-state index >= 15 is 0 Å². The number of nitrogens with one attached hydrogen (secondary N) is 1. The van der Waals surface area contributed by atoms with E-state index in [2.05, 4.69) is 49.2 Å². The standard InChI is InChI=1S/C24H30Cl2N2O/c1-4-23(19-9-8-16(2)14-17(19)3)27-24(29)18-10-12-28(13-11-18)15-20-21(25)6-5-7-22(20)26/h5-9,14,18,23H,4,10-13,15H2,1-3H3,(H,27,29)/t23-/m1/s1. The Kier molecular flexibility index (Phi) is 7.61. The molecule has 1 atom stereocenters. The first kappa shape index (κ1) is 22.1. The SMILES string of the molecule is CC[C@@H](NC(=O)C1CCN(Cc2c(Cl)cccc2Cl)CC1)c1ccc(C)cc1C. The Morgan fingerprint density at radius 3 is 2.38 bits per heavy atom. The highest BCUT2D eigenvalue weighted by Crippen LogP contribution is 2.28. The first-order valence-corrected chi connectivity index (χ1v) is 11.2. The second-order valence-electron chi connectivity index (χ2n) is 8.08. The van der Waals surface area contributed by atoms with Gasteiger partial charge >= 0.3 is 0 Å². The quantitative estimate of drug-likeness (QED) is 0.598. The van der Waals surface area contributed by atoms with Crippen LogP contribution < -0.4 is 5.32 Å². The first-order chi connectivity index (χ1) is 13.9. The van der Waals surface area contributed by atoms with Gasteiger partial charge in [0.05, 0.1) is 6.04 Å². The van der Waals surface area contributed by atoms with Crippen molar-refractivity contribution in [3.63, 3.8) is 0 Å². The minimum atomic E-state index is 0.0628. The zero-order valence-electron chi connectivity index (χ0n) is 17.5. The van der Waals surface area contributed by atoms with Gasteiger partial charge in [0, 0.05) is 28.1 Å². The highest BCUT2D eigenvalue weighted by molar-refractivity contribution is 6.35. The van der Waals surface area contributed by atoms with Gasteiger partial charge in [0.2, 0.25) is 5.91 Å². The fraction of sp³-hybridized carbons (Fsp3) is 0.458. The zero-order valence-corrected chi connectivity index (χ0v) is 19.0. The predicted molar refractivity (Wildman–Crippen MR) is 122 cm³/mol. The molecule has 29 heavy (non-hydrogen) atoms. The van der Waals surface area contributed by atoms with Crippen LogP contribution in [0.3, 0.4) is 0 Å². The highest BCUT2D eigenvalue weighted by atomic mass is 35.5. The van der Waals surface area contributed by atoms with Crippen LogP contribution in [0, 0.1) is 19.8 Å². The van der Waals surface area contributed by atoms with Crippen molar-refractivity contribution in [3.8, 4) is 0 Å². The smallest absolute Gasteiger partial charge is 0.223 e. The van der Waals surface area contributed by atoms with Gasteiger partial charge in [0.15, 0.2) is 0 Å². The molecule has 1 fully saturated rings. The summed E-state index contributed by atoms with van der Waals surface area (Å²) in [7, 11) is 0. The van der Waals surface area contributed by atoms with Gasteiger partial charge in [-0.15, -0.1) is 0 Å². The van der Waals surface area contributed by atoms with Gasteiger partial charge < -0.3 is 5.32 Å². The van der Waals surface area contributed by atoms with Crippen LogP contribution in [-0.2, 0) is 11.3 Å². The lowest BCUT2D eigenvalue weighted by atomic mass is 9.93. The Balaban J connectivity index is 1.56. The van der Waals surface area contributed by atoms with Crippen molar-refractivity contribution in [1.29, 1.82) is 0 Å². The van der Waals surface area contributed by atoms with Gasteiger partial charge in [-0.1, -0.05) is 60.0 Å². The summed E-state index contributed by atoms with van der Waals surface area (Å²) in [4.78, 5) is 15.3. The summed E-state index contributed by atoms with van der Waals surface area (Å²) in [5.74, 6) is 0.236. The molecule has 156 valence electrons. The van der Waals surface area contributed by atoms with Crippen LogP contribution in [0.25, 0.3) is 0 Å². The second kappa shape index (κ2) is 9.97. The molecule has 0 unspecified atom stereocenters. The van der Waals surface area contributed by atoms with E-state index in [0.717, 1.165) is 44.5 Å². The molecule has 1 amide bonds. The topological polar surface area (TPSA) is 32.3 Å². The number of carbonyl (C=O) groups excluding carboxylic acids is 1. The summed E-state index contributed by atoms with van der Waals surface area (Å²) in [5.41, 5.74) is 4.68. The lowest BCUT2D eigenvalue weighted by Crippen LogP contribution is -2.41. The number of carbonyl (C=O) groups is 1. The molecule has 1 aliphatic heterocycles. The Hall–Kier alpha value is -1.55. The summed E-state index contributed by atoms with van der Waals surface area (Å²) in [5, 5.41) is 4.71. The van der Waals surface area contributed by atoms with E-state index in [9.17, 15) is 4.79 Å². The number of nitrogens with zero attached hydrogens (tertiary/aromatic N) is 1. The van der Waals surface area contributed by atoms with Crippen LogP contribution in [-0.4, -0.2) is 23.9 Å². The van der Waals surface area contributed by atoms with E-state index in [1.54, 1.807) is 0 Å². The number of hydrogen-bond donors (Lipinski definition) is 1. The van der Waals surface area contributed by atoms with E-state index in [0.29, 0.717) is 10.0 Å². The normalized spacial score (nSPS) is 16.6. The molecule has 3 nitrogen and oxygen atoms in total. The maximum Gasteiger partial charge on any atom is 0.223 e. The average molecular weight is 433 g/mol. The van der Waals surface area contributed by atoms with Crippen LogP contribution in [0.2, 0.25) is 10.0 Å². The third-order valence-corrected chi connectivity index (χ3v) is 6.64. The zero-order chi connectivity index (χ0) is 21.0. The summed E-state index contributed by atoms with van der Waals surface area (Å²) >= 11 is 12.6. The number of halogens is 2. The van der Waals surface area contributed by atoms with Crippen molar-refractivity contribution in [2.75, 3.05) is 13.1 Å². The fourth-order valence-electron chi connectivity index (χ4n) is 4.17. The number of amides is 1. The van der Waals surface area contributed by atoms with Crippen molar-refractivity contribution in [1.82, 2.24) is 10.2 Å². The summed E-state index contributed by atoms with van der Waals surface area (Å²) in [6.45, 7) is 8.82. The Morgan fingerprint density at radius 1 is 1.14 bits per heavy atom. The summed E-state index contributed by atoms with van der Waals surface area (Å²) < 4.78 is 0. The molecule has 0 radical (unpaired) electrons. The van der Waals surface area contributed by atoms with Crippen LogP contribution in [0.15, 0.2) is 36.4 Å². The highest BCUT2D eigenvalue weighted by Gasteiger charge is 2.27. The molecule has 0 bridgehead atoms. The van der Waals surface area contributed by atoms with Crippen molar-refractivity contribution >= 4 is 29.1 Å². The number of rotatable bonds is 6. The third-order valence-electron chi connectivity index (χ3n) is 5.93. The molecule has 2 aromatic carbocycles. The Labute approximate surface area is 184 Å². The molecule has 0 aliphatic carbocycles. The van der Waals surface area contributed by atoms with Crippen molar-refractivity contribution in [2.24, 2.45) is 5.92 Å². The lowest BCUT2D eigenvalue weighted by Gasteiger charge is -2.32. The van der Waals surface area contributed by atoms with E-state index < -0.39 is 0 Å². The Bertz CT molecular complexity index is 840. The van der Waals surface area contributed by atoms with Crippen molar-refractivity contribution in [2.45, 2.75) is 52.6 Å². The predicted octanol–water partition coefficient (Wildman–Crippen LogP) is 6.09. The molecule has 0 spiro atoms. The second-order valence-corrected chi connectivity index (χ2v) is 8.89. The third kappa shape index (κ3) is 5.53. The maximum absolute atomic E-state index is 12.9. The van der Waals surface area contributed by atoms with Gasteiger partial charge in [-0.2, -0.15) is 0 Å². The molecule has 1 N–H and O–H groups in total. The lowest BCUT2D eigenvalue weighted by molar-refractivity contribution is -0.127. The summed E-state index contributed by atoms with van der Waals surface area (Å²) in [6, 6.07) is 12.1. The molecule has 5 heteroatoms. The van der Waals surface area contributed by atoms with Crippen molar-refractivity contribution < 1.29 is 4.79 Å². The van der Waals surface area contributed by atoms with Crippen LogP contribution >= 0.6 is 23.2 Å². The van der Waals surface area contributed by atoms with Gasteiger partial charge in [0.1, 0.15) is 0 Å². The summed E-state index contributed by atoms with van der Waals surface area (Å²) in [6.07, 6.45) is 2.61. The fourth-order valence-corrected chi connectivity index (χ4v) is 4.68. The van der Waals surface area contributed by atoms with Gasteiger partial charge in [0.25, 0.3) is 0 Å². The van der Waals surface area contributed by atoms with Crippen molar-refractivity contribution in [3.05, 3.63) is 68.7 Å². The molecule has 2 aromatic rings. The minimum absolute atomic E-state index is 0.0628. The molecule has 1 heterocycles. The molecule has 0 aromatic heterocycles.